The van der Waals surface area contributed by atoms with Gasteiger partial charge >= 0.3 is 5.97 Å². The fraction of sp³-hybridized carbons (Fsp3) is 0.167. The number of ether oxygens (including phenoxy) is 1. The van der Waals surface area contributed by atoms with Crippen molar-refractivity contribution in [3.63, 3.8) is 0 Å². The van der Waals surface area contributed by atoms with Crippen molar-refractivity contribution >= 4 is 28.5 Å². The predicted molar refractivity (Wildman–Crippen MR) is 88.7 cm³/mol. The fourth-order valence-electron chi connectivity index (χ4n) is 2.33. The fourth-order valence-corrected chi connectivity index (χ4v) is 2.33. The molecule has 0 fully saturated rings. The van der Waals surface area contributed by atoms with Gasteiger partial charge in [-0.2, -0.15) is 0 Å². The number of nitrogens with zero attached hydrogens (tertiary/aromatic N) is 1. The molecule has 3 aromatic rings. The molecule has 0 spiro atoms. The number of fused-ring (bicyclic) bond motifs is 1. The summed E-state index contributed by atoms with van der Waals surface area (Å²) >= 11 is 0. The number of hydrogen-bond acceptors (Lipinski definition) is 5. The second kappa shape index (κ2) is 6.54. The standard InChI is InChI=1S/C18H16N2O4/c1-11-10-16(20-24-11)19-17(21)12(2)23-18(22)15-9-5-7-13-6-3-4-8-14(13)15/h3-10,12H,1-2H3,(H,19,20,21). The van der Waals surface area contributed by atoms with E-state index in [1.807, 2.05) is 30.3 Å². The van der Waals surface area contributed by atoms with E-state index in [4.69, 9.17) is 9.26 Å². The summed E-state index contributed by atoms with van der Waals surface area (Å²) in [6, 6.07) is 14.4. The molecule has 122 valence electrons. The lowest BCUT2D eigenvalue weighted by Gasteiger charge is -2.13. The summed E-state index contributed by atoms with van der Waals surface area (Å²) in [6.07, 6.45) is -0.964. The molecular weight excluding hydrogens is 308 g/mol. The second-order valence-electron chi connectivity index (χ2n) is 5.39. The molecule has 6 nitrogen and oxygen atoms in total. The molecule has 0 aliphatic heterocycles. The first-order valence-electron chi connectivity index (χ1n) is 7.47. The maximum absolute atomic E-state index is 12.4. The molecule has 1 N–H and O–H groups in total. The molecule has 0 saturated carbocycles. The van der Waals surface area contributed by atoms with E-state index in [2.05, 4.69) is 10.5 Å². The first kappa shape index (κ1) is 15.7. The Balaban J connectivity index is 1.72. The van der Waals surface area contributed by atoms with Crippen LogP contribution in [0.25, 0.3) is 10.8 Å². The Kier molecular flexibility index (Phi) is 4.29. The molecule has 3 rings (SSSR count). The average Bonchev–Trinajstić information content (AvgIpc) is 2.99. The van der Waals surface area contributed by atoms with Crippen LogP contribution in [0.2, 0.25) is 0 Å². The highest BCUT2D eigenvalue weighted by Crippen LogP contribution is 2.20. The lowest BCUT2D eigenvalue weighted by Crippen LogP contribution is -2.30. The molecule has 0 bridgehead atoms. The predicted octanol–water partition coefficient (Wildman–Crippen LogP) is 3.32. The molecule has 24 heavy (non-hydrogen) atoms. The maximum Gasteiger partial charge on any atom is 0.339 e. The molecule has 1 unspecified atom stereocenters. The van der Waals surface area contributed by atoms with Crippen LogP contribution < -0.4 is 5.32 Å². The largest absolute Gasteiger partial charge is 0.449 e. The van der Waals surface area contributed by atoms with E-state index in [0.717, 1.165) is 10.8 Å². The first-order chi connectivity index (χ1) is 11.5. The van der Waals surface area contributed by atoms with Gasteiger partial charge in [-0.05, 0) is 30.7 Å². The van der Waals surface area contributed by atoms with Crippen LogP contribution in [-0.4, -0.2) is 23.1 Å². The number of hydrogen-bond donors (Lipinski definition) is 1. The summed E-state index contributed by atoms with van der Waals surface area (Å²) in [5, 5.41) is 7.92. The zero-order valence-corrected chi connectivity index (χ0v) is 13.3. The van der Waals surface area contributed by atoms with Crippen LogP contribution in [0.1, 0.15) is 23.0 Å². The molecule has 1 heterocycles. The molecule has 6 heteroatoms. The molecule has 2 aromatic carbocycles. The van der Waals surface area contributed by atoms with Gasteiger partial charge in [-0.1, -0.05) is 41.6 Å². The minimum Gasteiger partial charge on any atom is -0.449 e. The number of aryl methyl sites for hydroxylation is 1. The van der Waals surface area contributed by atoms with Gasteiger partial charge in [-0.15, -0.1) is 0 Å². The van der Waals surface area contributed by atoms with Gasteiger partial charge < -0.3 is 14.6 Å². The Morgan fingerprint density at radius 2 is 1.92 bits per heavy atom. The number of benzene rings is 2. The highest BCUT2D eigenvalue weighted by atomic mass is 16.5. The minimum absolute atomic E-state index is 0.283. The number of carbonyl (C=O) groups excluding carboxylic acids is 2. The quantitative estimate of drug-likeness (QED) is 0.745. The molecule has 1 aromatic heterocycles. The Morgan fingerprint density at radius 3 is 2.67 bits per heavy atom. The average molecular weight is 324 g/mol. The van der Waals surface area contributed by atoms with E-state index in [-0.39, 0.29) is 5.82 Å². The molecule has 0 aliphatic carbocycles. The van der Waals surface area contributed by atoms with Gasteiger partial charge in [0.25, 0.3) is 5.91 Å². The molecule has 0 radical (unpaired) electrons. The van der Waals surface area contributed by atoms with E-state index >= 15 is 0 Å². The summed E-state index contributed by atoms with van der Waals surface area (Å²) in [4.78, 5) is 24.5. The van der Waals surface area contributed by atoms with Crippen LogP contribution >= 0.6 is 0 Å². The van der Waals surface area contributed by atoms with Gasteiger partial charge in [0, 0.05) is 6.07 Å². The van der Waals surface area contributed by atoms with Crippen molar-refractivity contribution in [1.29, 1.82) is 0 Å². The van der Waals surface area contributed by atoms with Gasteiger partial charge in [0.1, 0.15) is 5.76 Å². The number of nitrogens with one attached hydrogen (secondary N) is 1. The SMILES string of the molecule is Cc1cc(NC(=O)C(C)OC(=O)c2cccc3ccccc23)no1. The lowest BCUT2D eigenvalue weighted by molar-refractivity contribution is -0.123. The number of amides is 1. The van der Waals surface area contributed by atoms with Gasteiger partial charge in [-0.3, -0.25) is 4.79 Å². The van der Waals surface area contributed by atoms with Crippen LogP contribution in [0, 0.1) is 6.92 Å². The third kappa shape index (κ3) is 3.27. The van der Waals surface area contributed by atoms with Crippen LogP contribution in [0.3, 0.4) is 0 Å². The van der Waals surface area contributed by atoms with Gasteiger partial charge in [0.2, 0.25) is 0 Å². The second-order valence-corrected chi connectivity index (χ2v) is 5.39. The van der Waals surface area contributed by atoms with Crippen molar-refractivity contribution < 1.29 is 18.8 Å². The molecule has 0 aliphatic rings. The van der Waals surface area contributed by atoms with Crippen molar-refractivity contribution in [2.75, 3.05) is 5.32 Å². The summed E-state index contributed by atoms with van der Waals surface area (Å²) in [5.74, 6) is -0.168. The van der Waals surface area contributed by atoms with E-state index in [9.17, 15) is 9.59 Å². The maximum atomic E-state index is 12.4. The zero-order valence-electron chi connectivity index (χ0n) is 13.3. The Morgan fingerprint density at radius 1 is 1.17 bits per heavy atom. The van der Waals surface area contributed by atoms with E-state index in [1.54, 1.807) is 25.1 Å². The number of esters is 1. The smallest absolute Gasteiger partial charge is 0.339 e. The van der Waals surface area contributed by atoms with Crippen molar-refractivity contribution in [2.24, 2.45) is 0 Å². The third-order valence-corrected chi connectivity index (χ3v) is 3.54. The van der Waals surface area contributed by atoms with Crippen molar-refractivity contribution in [1.82, 2.24) is 5.16 Å². The Hall–Kier alpha value is -3.15. The zero-order chi connectivity index (χ0) is 17.1. The Labute approximate surface area is 138 Å². The van der Waals surface area contributed by atoms with Crippen LogP contribution in [0.15, 0.2) is 53.1 Å². The van der Waals surface area contributed by atoms with E-state index in [1.165, 1.54) is 6.92 Å². The van der Waals surface area contributed by atoms with Crippen molar-refractivity contribution in [3.8, 4) is 0 Å². The third-order valence-electron chi connectivity index (χ3n) is 3.54. The van der Waals surface area contributed by atoms with Gasteiger partial charge in [0.15, 0.2) is 11.9 Å². The van der Waals surface area contributed by atoms with Crippen LogP contribution in [-0.2, 0) is 9.53 Å². The molecular formula is C18H16N2O4. The first-order valence-corrected chi connectivity index (χ1v) is 7.47. The van der Waals surface area contributed by atoms with Crippen molar-refractivity contribution in [2.45, 2.75) is 20.0 Å². The topological polar surface area (TPSA) is 81.4 Å². The van der Waals surface area contributed by atoms with Gasteiger partial charge in [0.05, 0.1) is 5.56 Å². The van der Waals surface area contributed by atoms with E-state index in [0.29, 0.717) is 11.3 Å². The van der Waals surface area contributed by atoms with Gasteiger partial charge in [-0.25, -0.2) is 4.79 Å². The number of aromatic nitrogens is 1. The monoisotopic (exact) mass is 324 g/mol. The highest BCUT2D eigenvalue weighted by Gasteiger charge is 2.21. The lowest BCUT2D eigenvalue weighted by atomic mass is 10.0. The molecule has 1 amide bonds. The summed E-state index contributed by atoms with van der Waals surface area (Å²) in [7, 11) is 0. The summed E-state index contributed by atoms with van der Waals surface area (Å²) in [6.45, 7) is 3.22. The van der Waals surface area contributed by atoms with E-state index < -0.39 is 18.0 Å². The minimum atomic E-state index is -0.964. The Bertz CT molecular complexity index is 895. The normalized spacial score (nSPS) is 11.9. The molecule has 1 atom stereocenters. The number of anilines is 1. The highest BCUT2D eigenvalue weighted by molar-refractivity contribution is 6.05. The summed E-state index contributed by atoms with van der Waals surface area (Å²) < 4.78 is 10.1. The summed E-state index contributed by atoms with van der Waals surface area (Å²) in [5.41, 5.74) is 0.421. The number of carbonyl (C=O) groups is 2. The van der Waals surface area contributed by atoms with Crippen LogP contribution in [0.4, 0.5) is 5.82 Å². The number of rotatable bonds is 4. The molecule has 0 saturated heterocycles. The van der Waals surface area contributed by atoms with Crippen molar-refractivity contribution in [3.05, 3.63) is 59.9 Å². The van der Waals surface area contributed by atoms with Crippen LogP contribution in [0.5, 0.6) is 0 Å².